The molecular formula is C14H21FN2O2S. The first-order chi connectivity index (χ1) is 9.45. The van der Waals surface area contributed by atoms with E-state index in [0.717, 1.165) is 31.7 Å². The smallest absolute Gasteiger partial charge is 0.246 e. The standard InChI is InChI=1S/C14H21FN2O2S/c1-2-3-11-6-8-17(9-7-11)20(18,19)14-10-12(16)4-5-13(14)15/h4-5,10-11H,2-3,6-9,16H2,1H3. The van der Waals surface area contributed by atoms with Crippen molar-refractivity contribution in [1.82, 2.24) is 4.31 Å². The van der Waals surface area contributed by atoms with Gasteiger partial charge in [0.15, 0.2) is 0 Å². The average Bonchev–Trinajstić information content (AvgIpc) is 2.42. The lowest BCUT2D eigenvalue weighted by Gasteiger charge is -2.31. The van der Waals surface area contributed by atoms with Gasteiger partial charge in [0.05, 0.1) is 0 Å². The molecule has 4 nitrogen and oxygen atoms in total. The molecule has 1 aliphatic rings. The van der Waals surface area contributed by atoms with Crippen molar-refractivity contribution in [2.24, 2.45) is 5.92 Å². The average molecular weight is 300 g/mol. The Morgan fingerprint density at radius 3 is 2.60 bits per heavy atom. The van der Waals surface area contributed by atoms with E-state index in [0.29, 0.717) is 19.0 Å². The number of anilines is 1. The van der Waals surface area contributed by atoms with Crippen molar-refractivity contribution < 1.29 is 12.8 Å². The maximum Gasteiger partial charge on any atom is 0.246 e. The van der Waals surface area contributed by atoms with Crippen LogP contribution >= 0.6 is 0 Å². The van der Waals surface area contributed by atoms with Crippen molar-refractivity contribution >= 4 is 15.7 Å². The van der Waals surface area contributed by atoms with Crippen LogP contribution in [0, 0.1) is 11.7 Å². The molecule has 0 bridgehead atoms. The molecule has 1 saturated heterocycles. The lowest BCUT2D eigenvalue weighted by atomic mass is 9.94. The molecule has 0 radical (unpaired) electrons. The van der Waals surface area contributed by atoms with E-state index in [2.05, 4.69) is 6.92 Å². The summed E-state index contributed by atoms with van der Waals surface area (Å²) in [5, 5.41) is 0. The lowest BCUT2D eigenvalue weighted by Crippen LogP contribution is -2.38. The van der Waals surface area contributed by atoms with Crippen LogP contribution in [0.25, 0.3) is 0 Å². The predicted molar refractivity (Wildman–Crippen MR) is 77.2 cm³/mol. The molecule has 2 rings (SSSR count). The summed E-state index contributed by atoms with van der Waals surface area (Å²) in [5.74, 6) is -0.160. The van der Waals surface area contributed by atoms with Gasteiger partial charge < -0.3 is 5.73 Å². The molecule has 1 fully saturated rings. The largest absolute Gasteiger partial charge is 0.399 e. The van der Waals surface area contributed by atoms with Crippen LogP contribution in [-0.4, -0.2) is 25.8 Å². The first-order valence-corrected chi connectivity index (χ1v) is 8.44. The summed E-state index contributed by atoms with van der Waals surface area (Å²) in [4.78, 5) is -0.313. The van der Waals surface area contributed by atoms with Gasteiger partial charge in [-0.05, 0) is 37.0 Å². The molecule has 1 heterocycles. The van der Waals surface area contributed by atoms with Gasteiger partial charge in [0, 0.05) is 18.8 Å². The molecule has 0 atom stereocenters. The van der Waals surface area contributed by atoms with E-state index in [4.69, 9.17) is 5.73 Å². The molecule has 0 aliphatic carbocycles. The Kier molecular flexibility index (Phi) is 4.65. The molecule has 0 aromatic heterocycles. The number of rotatable bonds is 4. The van der Waals surface area contributed by atoms with Crippen LogP contribution in [0.1, 0.15) is 32.6 Å². The van der Waals surface area contributed by atoms with Crippen LogP contribution in [0.3, 0.4) is 0 Å². The van der Waals surface area contributed by atoms with E-state index in [1.54, 1.807) is 0 Å². The number of benzene rings is 1. The molecule has 6 heteroatoms. The third kappa shape index (κ3) is 3.12. The first kappa shape index (κ1) is 15.3. The summed E-state index contributed by atoms with van der Waals surface area (Å²) in [7, 11) is -3.78. The van der Waals surface area contributed by atoms with E-state index in [1.807, 2.05) is 0 Å². The first-order valence-electron chi connectivity index (χ1n) is 7.00. The third-order valence-electron chi connectivity index (χ3n) is 3.84. The molecule has 20 heavy (non-hydrogen) atoms. The van der Waals surface area contributed by atoms with Gasteiger partial charge >= 0.3 is 0 Å². The van der Waals surface area contributed by atoms with E-state index >= 15 is 0 Å². The van der Waals surface area contributed by atoms with Gasteiger partial charge in [-0.1, -0.05) is 19.8 Å². The molecule has 2 N–H and O–H groups in total. The van der Waals surface area contributed by atoms with Crippen molar-refractivity contribution in [3.63, 3.8) is 0 Å². The highest BCUT2D eigenvalue weighted by molar-refractivity contribution is 7.89. The summed E-state index contributed by atoms with van der Waals surface area (Å²) >= 11 is 0. The highest BCUT2D eigenvalue weighted by Crippen LogP contribution is 2.28. The van der Waals surface area contributed by atoms with Crippen LogP contribution in [-0.2, 0) is 10.0 Å². The van der Waals surface area contributed by atoms with E-state index in [1.165, 1.54) is 16.4 Å². The summed E-state index contributed by atoms with van der Waals surface area (Å²) in [6, 6.07) is 3.66. The SMILES string of the molecule is CCCC1CCN(S(=O)(=O)c2cc(N)ccc2F)CC1. The van der Waals surface area contributed by atoms with Gasteiger partial charge in [-0.25, -0.2) is 12.8 Å². The van der Waals surface area contributed by atoms with Gasteiger partial charge in [-0.15, -0.1) is 0 Å². The molecule has 0 amide bonds. The Morgan fingerprint density at radius 1 is 1.35 bits per heavy atom. The second kappa shape index (κ2) is 6.10. The fourth-order valence-electron chi connectivity index (χ4n) is 2.70. The molecule has 1 aliphatic heterocycles. The van der Waals surface area contributed by atoms with Crippen molar-refractivity contribution in [2.75, 3.05) is 18.8 Å². The number of sulfonamides is 1. The van der Waals surface area contributed by atoms with Gasteiger partial charge in [0.2, 0.25) is 10.0 Å². The van der Waals surface area contributed by atoms with Gasteiger partial charge in [-0.2, -0.15) is 4.31 Å². The van der Waals surface area contributed by atoms with E-state index in [-0.39, 0.29) is 10.6 Å². The molecule has 0 unspecified atom stereocenters. The fourth-order valence-corrected chi connectivity index (χ4v) is 4.27. The molecular weight excluding hydrogens is 279 g/mol. The quantitative estimate of drug-likeness (QED) is 0.869. The zero-order chi connectivity index (χ0) is 14.8. The summed E-state index contributed by atoms with van der Waals surface area (Å²) in [6.45, 7) is 3.05. The minimum absolute atomic E-state index is 0.255. The van der Waals surface area contributed by atoms with Crippen molar-refractivity contribution in [3.8, 4) is 0 Å². The van der Waals surface area contributed by atoms with Crippen LogP contribution in [0.5, 0.6) is 0 Å². The van der Waals surface area contributed by atoms with Crippen LogP contribution < -0.4 is 5.73 Å². The lowest BCUT2D eigenvalue weighted by molar-refractivity contribution is 0.262. The Bertz CT molecular complexity index is 567. The Morgan fingerprint density at radius 2 is 2.00 bits per heavy atom. The fraction of sp³-hybridized carbons (Fsp3) is 0.571. The number of nitrogen functional groups attached to an aromatic ring is 1. The van der Waals surface area contributed by atoms with Gasteiger partial charge in [0.1, 0.15) is 10.7 Å². The number of piperidine rings is 1. The molecule has 0 saturated carbocycles. The monoisotopic (exact) mass is 300 g/mol. The summed E-state index contributed by atoms with van der Waals surface area (Å²) < 4.78 is 40.0. The number of hydrogen-bond donors (Lipinski definition) is 1. The Balaban J connectivity index is 2.18. The maximum absolute atomic E-state index is 13.8. The summed E-state index contributed by atoms with van der Waals surface area (Å²) in [5.41, 5.74) is 5.82. The predicted octanol–water partition coefficient (Wildman–Crippen LogP) is 2.61. The molecule has 1 aromatic carbocycles. The highest BCUT2D eigenvalue weighted by atomic mass is 32.2. The highest BCUT2D eigenvalue weighted by Gasteiger charge is 2.31. The molecule has 0 spiro atoms. The van der Waals surface area contributed by atoms with Crippen LogP contribution in [0.2, 0.25) is 0 Å². The van der Waals surface area contributed by atoms with Gasteiger partial charge in [-0.3, -0.25) is 0 Å². The Hall–Kier alpha value is -1.14. The molecule has 112 valence electrons. The Labute approximate surface area is 119 Å². The van der Waals surface area contributed by atoms with Crippen molar-refractivity contribution in [2.45, 2.75) is 37.5 Å². The number of nitrogens with zero attached hydrogens (tertiary/aromatic N) is 1. The number of nitrogens with two attached hydrogens (primary N) is 1. The number of hydrogen-bond acceptors (Lipinski definition) is 3. The minimum Gasteiger partial charge on any atom is -0.399 e. The minimum atomic E-state index is -3.78. The zero-order valence-corrected chi connectivity index (χ0v) is 12.5. The van der Waals surface area contributed by atoms with Crippen LogP contribution in [0.15, 0.2) is 23.1 Å². The van der Waals surface area contributed by atoms with Gasteiger partial charge in [0.25, 0.3) is 0 Å². The second-order valence-corrected chi connectivity index (χ2v) is 7.23. The topological polar surface area (TPSA) is 63.4 Å². The van der Waals surface area contributed by atoms with Crippen LogP contribution in [0.4, 0.5) is 10.1 Å². The zero-order valence-electron chi connectivity index (χ0n) is 11.7. The third-order valence-corrected chi connectivity index (χ3v) is 5.76. The second-order valence-electron chi connectivity index (χ2n) is 5.33. The number of halogens is 1. The maximum atomic E-state index is 13.8. The normalized spacial score (nSPS) is 18.3. The molecule has 1 aromatic rings. The van der Waals surface area contributed by atoms with E-state index < -0.39 is 15.8 Å². The van der Waals surface area contributed by atoms with Crippen molar-refractivity contribution in [1.29, 1.82) is 0 Å². The summed E-state index contributed by atoms with van der Waals surface area (Å²) in [6.07, 6.45) is 3.93. The van der Waals surface area contributed by atoms with E-state index in [9.17, 15) is 12.8 Å². The van der Waals surface area contributed by atoms with Crippen molar-refractivity contribution in [3.05, 3.63) is 24.0 Å².